The molecule has 0 spiro atoms. The maximum Gasteiger partial charge on any atom is 0.103 e. The Labute approximate surface area is 151 Å². The molecule has 25 heavy (non-hydrogen) atoms. The highest BCUT2D eigenvalue weighted by atomic mass is 32.1. The van der Waals surface area contributed by atoms with Crippen molar-refractivity contribution in [2.24, 2.45) is 0 Å². The highest BCUT2D eigenvalue weighted by molar-refractivity contribution is 7.71. The molecule has 0 saturated heterocycles. The molecule has 0 atom stereocenters. The SMILES string of the molecule is Cc1ccc(-c2[nH]c(-c3cccc(C)c3)c(C#N)c(=S)c2C#N)cc1. The van der Waals surface area contributed by atoms with Crippen LogP contribution >= 0.6 is 12.2 Å². The third kappa shape index (κ3) is 3.08. The van der Waals surface area contributed by atoms with E-state index in [0.29, 0.717) is 22.5 Å². The minimum Gasteiger partial charge on any atom is -0.352 e. The molecule has 0 saturated carbocycles. The molecule has 1 heterocycles. The molecule has 0 aliphatic carbocycles. The van der Waals surface area contributed by atoms with Crippen LogP contribution in [0, 0.1) is 41.0 Å². The van der Waals surface area contributed by atoms with Crippen LogP contribution in [0.1, 0.15) is 22.3 Å². The zero-order valence-corrected chi connectivity index (χ0v) is 14.7. The van der Waals surface area contributed by atoms with Gasteiger partial charge in [-0.25, -0.2) is 0 Å². The minimum atomic E-state index is 0.288. The molecular weight excluding hydrogens is 326 g/mol. The maximum absolute atomic E-state index is 9.60. The first kappa shape index (κ1) is 16.6. The third-order valence-corrected chi connectivity index (χ3v) is 4.48. The van der Waals surface area contributed by atoms with Gasteiger partial charge in [-0.3, -0.25) is 0 Å². The monoisotopic (exact) mass is 341 g/mol. The fourth-order valence-electron chi connectivity index (χ4n) is 2.77. The van der Waals surface area contributed by atoms with Gasteiger partial charge in [0.25, 0.3) is 0 Å². The summed E-state index contributed by atoms with van der Waals surface area (Å²) in [7, 11) is 0. The van der Waals surface area contributed by atoms with Crippen molar-refractivity contribution in [2.75, 3.05) is 0 Å². The van der Waals surface area contributed by atoms with Crippen molar-refractivity contribution in [3.8, 4) is 34.7 Å². The minimum absolute atomic E-state index is 0.288. The summed E-state index contributed by atoms with van der Waals surface area (Å²) in [6.07, 6.45) is 0. The van der Waals surface area contributed by atoms with Crippen LogP contribution in [-0.4, -0.2) is 4.98 Å². The van der Waals surface area contributed by atoms with E-state index in [0.717, 1.165) is 22.3 Å². The Bertz CT molecular complexity index is 1090. The molecule has 0 fully saturated rings. The quantitative estimate of drug-likeness (QED) is 0.631. The van der Waals surface area contributed by atoms with Crippen molar-refractivity contribution >= 4 is 12.2 Å². The Morgan fingerprint density at radius 1 is 0.800 bits per heavy atom. The van der Waals surface area contributed by atoms with Gasteiger partial charge in [-0.15, -0.1) is 0 Å². The van der Waals surface area contributed by atoms with Crippen molar-refractivity contribution < 1.29 is 0 Å². The maximum atomic E-state index is 9.60. The largest absolute Gasteiger partial charge is 0.352 e. The molecule has 0 bridgehead atoms. The van der Waals surface area contributed by atoms with E-state index >= 15 is 0 Å². The van der Waals surface area contributed by atoms with Crippen LogP contribution in [0.4, 0.5) is 0 Å². The molecule has 0 aliphatic rings. The lowest BCUT2D eigenvalue weighted by molar-refractivity contribution is 1.26. The zero-order valence-electron chi connectivity index (χ0n) is 13.9. The average molecular weight is 341 g/mol. The smallest absolute Gasteiger partial charge is 0.103 e. The van der Waals surface area contributed by atoms with Gasteiger partial charge in [0.05, 0.1) is 27.0 Å². The molecule has 0 amide bonds. The first-order chi connectivity index (χ1) is 12.0. The van der Waals surface area contributed by atoms with E-state index in [2.05, 4.69) is 17.1 Å². The second-order valence-electron chi connectivity index (χ2n) is 5.91. The van der Waals surface area contributed by atoms with E-state index < -0.39 is 0 Å². The molecule has 2 aromatic carbocycles. The lowest BCUT2D eigenvalue weighted by atomic mass is 9.98. The van der Waals surface area contributed by atoms with Gasteiger partial charge in [0.2, 0.25) is 0 Å². The first-order valence-corrected chi connectivity index (χ1v) is 8.20. The van der Waals surface area contributed by atoms with Gasteiger partial charge in [0.1, 0.15) is 12.1 Å². The number of aromatic amines is 1. The average Bonchev–Trinajstić information content (AvgIpc) is 2.61. The molecule has 3 aromatic rings. The van der Waals surface area contributed by atoms with E-state index in [1.54, 1.807) is 0 Å². The number of rotatable bonds is 2. The molecule has 0 aliphatic heterocycles. The summed E-state index contributed by atoms with van der Waals surface area (Å²) >= 11 is 5.46. The van der Waals surface area contributed by atoms with Crippen molar-refractivity contribution in [1.82, 2.24) is 4.98 Å². The lowest BCUT2D eigenvalue weighted by Gasteiger charge is -2.12. The van der Waals surface area contributed by atoms with E-state index in [1.807, 2.05) is 62.4 Å². The molecular formula is C21H15N3S. The number of nitriles is 2. The molecule has 0 unspecified atom stereocenters. The van der Waals surface area contributed by atoms with Gasteiger partial charge < -0.3 is 4.98 Å². The Balaban J connectivity index is 2.37. The molecule has 4 heteroatoms. The predicted molar refractivity (Wildman–Crippen MR) is 101 cm³/mol. The van der Waals surface area contributed by atoms with Crippen LogP contribution in [0.5, 0.6) is 0 Å². The number of H-pyrrole nitrogens is 1. The van der Waals surface area contributed by atoms with Crippen LogP contribution in [-0.2, 0) is 0 Å². The van der Waals surface area contributed by atoms with E-state index in [-0.39, 0.29) is 4.51 Å². The van der Waals surface area contributed by atoms with Gasteiger partial charge in [0, 0.05) is 0 Å². The number of pyridine rings is 1. The van der Waals surface area contributed by atoms with Gasteiger partial charge in [-0.1, -0.05) is 65.8 Å². The number of nitrogens with one attached hydrogen (secondary N) is 1. The summed E-state index contributed by atoms with van der Waals surface area (Å²) in [5.74, 6) is 0. The van der Waals surface area contributed by atoms with Crippen LogP contribution in [0.25, 0.3) is 22.5 Å². The summed E-state index contributed by atoms with van der Waals surface area (Å²) in [6, 6.07) is 20.0. The number of benzene rings is 2. The number of nitrogens with zero attached hydrogens (tertiary/aromatic N) is 2. The van der Waals surface area contributed by atoms with E-state index in [4.69, 9.17) is 12.2 Å². The van der Waals surface area contributed by atoms with Gasteiger partial charge in [-0.2, -0.15) is 10.5 Å². The number of hydrogen-bond donors (Lipinski definition) is 1. The Hall–Kier alpha value is -3.21. The molecule has 0 radical (unpaired) electrons. The number of aromatic nitrogens is 1. The first-order valence-electron chi connectivity index (χ1n) is 7.79. The Morgan fingerprint density at radius 3 is 1.96 bits per heavy atom. The predicted octanol–water partition coefficient (Wildman–Crippen LogP) is 5.44. The summed E-state index contributed by atoms with van der Waals surface area (Å²) in [5, 5.41) is 19.2. The van der Waals surface area contributed by atoms with Crippen molar-refractivity contribution in [2.45, 2.75) is 13.8 Å². The summed E-state index contributed by atoms with van der Waals surface area (Å²) < 4.78 is 0.288. The van der Waals surface area contributed by atoms with Gasteiger partial charge in [0.15, 0.2) is 0 Å². The fraction of sp³-hybridized carbons (Fsp3) is 0.0952. The summed E-state index contributed by atoms with van der Waals surface area (Å²) in [6.45, 7) is 4.00. The summed E-state index contributed by atoms with van der Waals surface area (Å²) in [5.41, 5.74) is 5.90. The fourth-order valence-corrected chi connectivity index (χ4v) is 3.06. The van der Waals surface area contributed by atoms with Crippen LogP contribution in [0.15, 0.2) is 48.5 Å². The molecule has 120 valence electrons. The van der Waals surface area contributed by atoms with Crippen molar-refractivity contribution in [1.29, 1.82) is 10.5 Å². The van der Waals surface area contributed by atoms with Crippen LogP contribution in [0.3, 0.4) is 0 Å². The highest BCUT2D eigenvalue weighted by Crippen LogP contribution is 2.31. The van der Waals surface area contributed by atoms with Crippen molar-refractivity contribution in [3.05, 3.63) is 75.3 Å². The van der Waals surface area contributed by atoms with Crippen molar-refractivity contribution in [3.63, 3.8) is 0 Å². The van der Waals surface area contributed by atoms with E-state index in [9.17, 15) is 10.5 Å². The molecule has 1 aromatic heterocycles. The molecule has 3 nitrogen and oxygen atoms in total. The number of hydrogen-bond acceptors (Lipinski definition) is 3. The third-order valence-electron chi connectivity index (χ3n) is 4.07. The molecule has 1 N–H and O–H groups in total. The van der Waals surface area contributed by atoms with Crippen LogP contribution in [0.2, 0.25) is 0 Å². The second-order valence-corrected chi connectivity index (χ2v) is 6.32. The Kier molecular flexibility index (Phi) is 4.48. The van der Waals surface area contributed by atoms with E-state index in [1.165, 1.54) is 0 Å². The number of aryl methyl sites for hydroxylation is 2. The second kappa shape index (κ2) is 6.73. The lowest BCUT2D eigenvalue weighted by Crippen LogP contribution is -1.99. The molecule has 3 rings (SSSR count). The van der Waals surface area contributed by atoms with Gasteiger partial charge >= 0.3 is 0 Å². The highest BCUT2D eigenvalue weighted by Gasteiger charge is 2.16. The zero-order chi connectivity index (χ0) is 18.0. The summed E-state index contributed by atoms with van der Waals surface area (Å²) in [4.78, 5) is 3.29. The standard InChI is InChI=1S/C21H15N3S/c1-13-6-8-15(9-7-13)19-17(11-22)21(25)18(12-23)20(24-19)16-5-3-4-14(2)10-16/h3-10H,1-2H3,(H,24,25). The normalized spacial score (nSPS) is 10.1. The topological polar surface area (TPSA) is 63.4 Å². The van der Waals surface area contributed by atoms with Gasteiger partial charge in [-0.05, 0) is 31.0 Å². The van der Waals surface area contributed by atoms with Crippen LogP contribution < -0.4 is 0 Å². The Morgan fingerprint density at radius 2 is 1.40 bits per heavy atom.